The van der Waals surface area contributed by atoms with Crippen LogP contribution in [-0.4, -0.2) is 27.1 Å². The molecule has 0 radical (unpaired) electrons. The third-order valence-electron chi connectivity index (χ3n) is 4.63. The molecule has 0 saturated carbocycles. The first-order chi connectivity index (χ1) is 11.7. The highest BCUT2D eigenvalue weighted by Crippen LogP contribution is 2.21. The number of hydrogen-bond donors (Lipinski definition) is 0. The predicted molar refractivity (Wildman–Crippen MR) is 94.9 cm³/mol. The minimum absolute atomic E-state index is 0.176. The van der Waals surface area contributed by atoms with Gasteiger partial charge in [-0.15, -0.1) is 0 Å². The molecule has 0 saturated heterocycles. The molecular weight excluding hydrogens is 322 g/mol. The molecule has 1 aliphatic heterocycles. The molecule has 3 aromatic rings. The van der Waals surface area contributed by atoms with Crippen molar-refractivity contribution < 1.29 is 4.79 Å². The summed E-state index contributed by atoms with van der Waals surface area (Å²) in [6, 6.07) is 14.0. The monoisotopic (exact) mass is 339 g/mol. The Labute approximate surface area is 145 Å². The van der Waals surface area contributed by atoms with Crippen molar-refractivity contribution in [2.24, 2.45) is 0 Å². The van der Waals surface area contributed by atoms with Gasteiger partial charge in [0, 0.05) is 29.9 Å². The molecule has 2 aromatic carbocycles. The number of benzene rings is 2. The van der Waals surface area contributed by atoms with Crippen LogP contribution in [0.2, 0.25) is 5.02 Å². The summed E-state index contributed by atoms with van der Waals surface area (Å²) in [5, 5.41) is 6.10. The van der Waals surface area contributed by atoms with Gasteiger partial charge in [0.25, 0.3) is 0 Å². The fourth-order valence-corrected chi connectivity index (χ4v) is 3.46. The van der Waals surface area contributed by atoms with Crippen molar-refractivity contribution >= 4 is 28.4 Å². The van der Waals surface area contributed by atoms with Crippen molar-refractivity contribution in [3.8, 4) is 0 Å². The van der Waals surface area contributed by atoms with Gasteiger partial charge in [0.2, 0.25) is 5.91 Å². The lowest BCUT2D eigenvalue weighted by Crippen LogP contribution is -2.36. The van der Waals surface area contributed by atoms with Gasteiger partial charge in [0.15, 0.2) is 0 Å². The lowest BCUT2D eigenvalue weighted by Gasteiger charge is -2.29. The molecule has 5 heteroatoms. The van der Waals surface area contributed by atoms with Crippen LogP contribution in [0, 0.1) is 0 Å². The van der Waals surface area contributed by atoms with E-state index in [1.54, 1.807) is 0 Å². The van der Waals surface area contributed by atoms with Crippen LogP contribution < -0.4 is 0 Å². The summed E-state index contributed by atoms with van der Waals surface area (Å²) in [4.78, 5) is 14.5. The number of halogens is 1. The van der Waals surface area contributed by atoms with Gasteiger partial charge < -0.3 is 4.90 Å². The third kappa shape index (κ3) is 2.89. The number of hydrogen-bond acceptors (Lipinski definition) is 2. The zero-order chi connectivity index (χ0) is 16.5. The molecule has 0 unspecified atom stereocenters. The largest absolute Gasteiger partial charge is 0.338 e. The maximum absolute atomic E-state index is 12.6. The number of nitrogens with zero attached hydrogens (tertiary/aromatic N) is 3. The van der Waals surface area contributed by atoms with E-state index in [1.807, 2.05) is 40.0 Å². The Kier molecular flexibility index (Phi) is 3.98. The minimum Gasteiger partial charge on any atom is -0.338 e. The predicted octanol–water partition coefficient (Wildman–Crippen LogP) is 3.66. The molecule has 0 N–H and O–H groups in total. The molecule has 0 spiro atoms. The molecule has 2 heterocycles. The Morgan fingerprint density at radius 1 is 1.17 bits per heavy atom. The van der Waals surface area contributed by atoms with Gasteiger partial charge in [0.1, 0.15) is 0 Å². The van der Waals surface area contributed by atoms with Crippen molar-refractivity contribution in [3.63, 3.8) is 0 Å². The fourth-order valence-electron chi connectivity index (χ4n) is 3.29. The van der Waals surface area contributed by atoms with Crippen LogP contribution in [0.15, 0.2) is 48.7 Å². The minimum atomic E-state index is 0.176. The molecule has 0 atom stereocenters. The molecule has 1 aliphatic rings. The summed E-state index contributed by atoms with van der Waals surface area (Å²) in [7, 11) is 0. The SMILES string of the molecule is O=C(CCn1ncc2ccc(Cl)cc21)N1CCc2ccccc2C1. The van der Waals surface area contributed by atoms with Crippen LogP contribution in [0.3, 0.4) is 0 Å². The van der Waals surface area contributed by atoms with Crippen LogP contribution in [0.25, 0.3) is 10.9 Å². The Balaban J connectivity index is 1.44. The van der Waals surface area contributed by atoms with Crippen LogP contribution in [0.5, 0.6) is 0 Å². The number of rotatable bonds is 3. The normalized spacial score (nSPS) is 14.0. The maximum Gasteiger partial charge on any atom is 0.224 e. The summed E-state index contributed by atoms with van der Waals surface area (Å²) in [6.45, 7) is 2.07. The first-order valence-electron chi connectivity index (χ1n) is 8.16. The van der Waals surface area contributed by atoms with E-state index in [-0.39, 0.29) is 5.91 Å². The third-order valence-corrected chi connectivity index (χ3v) is 4.86. The Morgan fingerprint density at radius 3 is 2.88 bits per heavy atom. The number of aromatic nitrogens is 2. The van der Waals surface area contributed by atoms with E-state index in [4.69, 9.17) is 11.6 Å². The highest BCUT2D eigenvalue weighted by molar-refractivity contribution is 6.31. The topological polar surface area (TPSA) is 38.1 Å². The Morgan fingerprint density at radius 2 is 2.00 bits per heavy atom. The number of carbonyl (C=O) groups excluding carboxylic acids is 1. The standard InChI is InChI=1S/C19H18ClN3O/c20-17-6-5-15-12-21-23(18(15)11-17)10-8-19(24)22-9-7-14-3-1-2-4-16(14)13-22/h1-6,11-12H,7-10,13H2. The van der Waals surface area contributed by atoms with E-state index in [1.165, 1.54) is 11.1 Å². The second kappa shape index (κ2) is 6.29. The van der Waals surface area contributed by atoms with Crippen LogP contribution in [0.1, 0.15) is 17.5 Å². The van der Waals surface area contributed by atoms with Crippen LogP contribution in [0.4, 0.5) is 0 Å². The summed E-state index contributed by atoms with van der Waals surface area (Å²) in [6.07, 6.45) is 3.20. The van der Waals surface area contributed by atoms with E-state index >= 15 is 0 Å². The van der Waals surface area contributed by atoms with Crippen LogP contribution >= 0.6 is 11.6 Å². The second-order valence-electron chi connectivity index (χ2n) is 6.15. The molecule has 4 nitrogen and oxygen atoms in total. The first-order valence-corrected chi connectivity index (χ1v) is 8.54. The van der Waals surface area contributed by atoms with E-state index in [0.717, 1.165) is 23.9 Å². The van der Waals surface area contributed by atoms with Crippen molar-refractivity contribution in [3.05, 3.63) is 64.8 Å². The maximum atomic E-state index is 12.6. The fraction of sp³-hybridized carbons (Fsp3) is 0.263. The molecular formula is C19H18ClN3O. The highest BCUT2D eigenvalue weighted by atomic mass is 35.5. The summed E-state index contributed by atoms with van der Waals surface area (Å²) < 4.78 is 1.86. The first kappa shape index (κ1) is 15.2. The highest BCUT2D eigenvalue weighted by Gasteiger charge is 2.20. The van der Waals surface area contributed by atoms with E-state index in [0.29, 0.717) is 24.5 Å². The zero-order valence-electron chi connectivity index (χ0n) is 13.3. The average molecular weight is 340 g/mol. The average Bonchev–Trinajstić information content (AvgIpc) is 3.01. The molecule has 24 heavy (non-hydrogen) atoms. The molecule has 0 bridgehead atoms. The molecule has 1 amide bonds. The van der Waals surface area contributed by atoms with E-state index in [2.05, 4.69) is 23.3 Å². The molecule has 0 aliphatic carbocycles. The van der Waals surface area contributed by atoms with E-state index in [9.17, 15) is 4.79 Å². The lowest BCUT2D eigenvalue weighted by molar-refractivity contribution is -0.132. The van der Waals surface area contributed by atoms with Crippen molar-refractivity contribution in [2.45, 2.75) is 25.9 Å². The second-order valence-corrected chi connectivity index (χ2v) is 6.59. The number of amides is 1. The van der Waals surface area contributed by atoms with Gasteiger partial charge in [0.05, 0.1) is 18.3 Å². The molecule has 122 valence electrons. The number of carbonyl (C=O) groups is 1. The van der Waals surface area contributed by atoms with Crippen molar-refractivity contribution in [1.29, 1.82) is 0 Å². The lowest BCUT2D eigenvalue weighted by atomic mass is 10.00. The number of fused-ring (bicyclic) bond motifs is 2. The molecule has 4 rings (SSSR count). The van der Waals surface area contributed by atoms with Gasteiger partial charge in [-0.05, 0) is 35.7 Å². The van der Waals surface area contributed by atoms with E-state index < -0.39 is 0 Å². The Bertz CT molecular complexity index is 903. The van der Waals surface area contributed by atoms with Crippen molar-refractivity contribution in [1.82, 2.24) is 14.7 Å². The van der Waals surface area contributed by atoms with Gasteiger partial charge in [-0.3, -0.25) is 9.48 Å². The quantitative estimate of drug-likeness (QED) is 0.730. The van der Waals surface area contributed by atoms with Crippen LogP contribution in [-0.2, 0) is 24.3 Å². The smallest absolute Gasteiger partial charge is 0.224 e. The van der Waals surface area contributed by atoms with Gasteiger partial charge in [-0.25, -0.2) is 0 Å². The van der Waals surface area contributed by atoms with Gasteiger partial charge >= 0.3 is 0 Å². The summed E-state index contributed by atoms with van der Waals surface area (Å²) in [5.41, 5.74) is 3.59. The van der Waals surface area contributed by atoms with Gasteiger partial charge in [-0.1, -0.05) is 35.9 Å². The zero-order valence-corrected chi connectivity index (χ0v) is 14.0. The van der Waals surface area contributed by atoms with Gasteiger partial charge in [-0.2, -0.15) is 5.10 Å². The van der Waals surface area contributed by atoms with Crippen molar-refractivity contribution in [2.75, 3.05) is 6.54 Å². The Hall–Kier alpha value is -2.33. The number of aryl methyl sites for hydroxylation is 1. The molecule has 0 fully saturated rings. The summed E-state index contributed by atoms with van der Waals surface area (Å²) >= 11 is 6.06. The molecule has 1 aromatic heterocycles. The summed E-state index contributed by atoms with van der Waals surface area (Å²) in [5.74, 6) is 0.176.